The van der Waals surface area contributed by atoms with Gasteiger partial charge in [0.2, 0.25) is 5.91 Å². The number of imide groups is 1. The van der Waals surface area contributed by atoms with E-state index in [1.807, 2.05) is 36.4 Å². The molecule has 1 fully saturated rings. The number of carbonyl (C=O) groups is 2. The van der Waals surface area contributed by atoms with E-state index in [2.05, 4.69) is 24.1 Å². The van der Waals surface area contributed by atoms with Crippen LogP contribution in [0.3, 0.4) is 0 Å². The van der Waals surface area contributed by atoms with Crippen molar-refractivity contribution in [1.82, 2.24) is 19.8 Å². The van der Waals surface area contributed by atoms with Crippen molar-refractivity contribution in [1.29, 1.82) is 0 Å². The molecular weight excluding hydrogens is 400 g/mol. The van der Waals surface area contributed by atoms with Crippen molar-refractivity contribution in [2.24, 2.45) is 0 Å². The van der Waals surface area contributed by atoms with E-state index in [1.54, 1.807) is 16.7 Å². The molecule has 3 amide bonds. The molecule has 2 heterocycles. The Bertz CT molecular complexity index is 1190. The van der Waals surface area contributed by atoms with Crippen LogP contribution in [-0.2, 0) is 4.79 Å². The van der Waals surface area contributed by atoms with Gasteiger partial charge in [-0.15, -0.1) is 0 Å². The van der Waals surface area contributed by atoms with E-state index in [9.17, 15) is 14.4 Å². The van der Waals surface area contributed by atoms with Crippen molar-refractivity contribution in [3.63, 3.8) is 0 Å². The molecule has 7 nitrogen and oxygen atoms in total. The number of nitrogens with one attached hydrogen (secondary N) is 1. The minimum absolute atomic E-state index is 0.0159. The lowest BCUT2D eigenvalue weighted by Gasteiger charge is -2.18. The predicted molar refractivity (Wildman–Crippen MR) is 117 cm³/mol. The van der Waals surface area contributed by atoms with Crippen LogP contribution in [0.25, 0.3) is 16.6 Å². The summed E-state index contributed by atoms with van der Waals surface area (Å²) in [5, 5.41) is 3.57. The number of nitrogens with zero attached hydrogens (tertiary/aromatic N) is 3. The first kappa shape index (κ1) is 20.2. The summed E-state index contributed by atoms with van der Waals surface area (Å²) >= 11 is 1.17. The van der Waals surface area contributed by atoms with Gasteiger partial charge in [-0.3, -0.25) is 19.1 Å². The molecule has 1 aromatic heterocycles. The number of carbonyl (C=O) groups excluding carboxylic acids is 2. The second kappa shape index (κ2) is 8.31. The van der Waals surface area contributed by atoms with E-state index in [4.69, 9.17) is 0 Å². The molecule has 0 bridgehead atoms. The average Bonchev–Trinajstić information content (AvgIpc) is 3.18. The number of benzene rings is 2. The first-order valence-corrected chi connectivity index (χ1v) is 10.8. The van der Waals surface area contributed by atoms with Crippen molar-refractivity contribution in [2.45, 2.75) is 24.9 Å². The monoisotopic (exact) mass is 422 g/mol. The Hall–Kier alpha value is -3.13. The maximum Gasteiger partial charge on any atom is 0.324 e. The van der Waals surface area contributed by atoms with Gasteiger partial charge in [0.25, 0.3) is 5.56 Å². The summed E-state index contributed by atoms with van der Waals surface area (Å²) in [6.07, 6.45) is 0. The number of para-hydroxylation sites is 2. The van der Waals surface area contributed by atoms with Crippen LogP contribution < -0.4 is 10.9 Å². The molecule has 0 aliphatic carbocycles. The van der Waals surface area contributed by atoms with Gasteiger partial charge in [-0.05, 0) is 29.7 Å². The first-order valence-electron chi connectivity index (χ1n) is 9.79. The van der Waals surface area contributed by atoms with Crippen molar-refractivity contribution >= 4 is 34.6 Å². The fourth-order valence-corrected chi connectivity index (χ4v) is 4.40. The molecular formula is C22H22N4O3S. The molecule has 2 aromatic carbocycles. The molecule has 3 aromatic rings. The van der Waals surface area contributed by atoms with Gasteiger partial charge in [-0.2, -0.15) is 0 Å². The summed E-state index contributed by atoms with van der Waals surface area (Å²) in [6, 6.07) is 14.5. The van der Waals surface area contributed by atoms with Gasteiger partial charge in [-0.25, -0.2) is 9.78 Å². The molecule has 0 radical (unpaired) electrons. The molecule has 1 aliphatic heterocycles. The smallest absolute Gasteiger partial charge is 0.324 e. The van der Waals surface area contributed by atoms with Crippen LogP contribution in [0.5, 0.6) is 0 Å². The van der Waals surface area contributed by atoms with Crippen LogP contribution in [0.2, 0.25) is 0 Å². The van der Waals surface area contributed by atoms with Crippen LogP contribution in [0.15, 0.2) is 58.5 Å². The molecule has 1 saturated heterocycles. The third-order valence-corrected chi connectivity index (χ3v) is 5.95. The van der Waals surface area contributed by atoms with Crippen LogP contribution in [0.1, 0.15) is 25.3 Å². The minimum Gasteiger partial charge on any atom is -0.336 e. The van der Waals surface area contributed by atoms with E-state index in [1.165, 1.54) is 16.7 Å². The third kappa shape index (κ3) is 3.70. The Labute approximate surface area is 178 Å². The average molecular weight is 423 g/mol. The minimum atomic E-state index is -0.380. The molecule has 1 aliphatic rings. The Morgan fingerprint density at radius 2 is 1.87 bits per heavy atom. The second-order valence-corrected chi connectivity index (χ2v) is 8.27. The zero-order valence-corrected chi connectivity index (χ0v) is 17.6. The molecule has 1 N–H and O–H groups in total. The van der Waals surface area contributed by atoms with Gasteiger partial charge < -0.3 is 5.32 Å². The highest BCUT2D eigenvalue weighted by atomic mass is 32.2. The van der Waals surface area contributed by atoms with Crippen LogP contribution in [0.4, 0.5) is 4.79 Å². The van der Waals surface area contributed by atoms with Gasteiger partial charge in [0.1, 0.15) is 0 Å². The maximum absolute atomic E-state index is 13.4. The van der Waals surface area contributed by atoms with Gasteiger partial charge in [0, 0.05) is 13.1 Å². The highest BCUT2D eigenvalue weighted by molar-refractivity contribution is 7.99. The lowest BCUT2D eigenvalue weighted by Crippen LogP contribution is -2.35. The van der Waals surface area contributed by atoms with Gasteiger partial charge >= 0.3 is 6.03 Å². The topological polar surface area (TPSA) is 84.3 Å². The highest BCUT2D eigenvalue weighted by Crippen LogP contribution is 2.27. The fourth-order valence-electron chi connectivity index (χ4n) is 3.51. The lowest BCUT2D eigenvalue weighted by atomic mass is 10.0. The molecule has 0 unspecified atom stereocenters. The largest absolute Gasteiger partial charge is 0.336 e. The van der Waals surface area contributed by atoms with Gasteiger partial charge in [0.05, 0.1) is 22.3 Å². The second-order valence-electron chi connectivity index (χ2n) is 7.33. The van der Waals surface area contributed by atoms with E-state index >= 15 is 0 Å². The number of fused-ring (bicyclic) bond motifs is 1. The van der Waals surface area contributed by atoms with Crippen LogP contribution in [-0.4, -0.2) is 45.2 Å². The van der Waals surface area contributed by atoms with Crippen molar-refractivity contribution in [3.8, 4) is 5.69 Å². The number of urea groups is 1. The summed E-state index contributed by atoms with van der Waals surface area (Å²) in [4.78, 5) is 43.6. The highest BCUT2D eigenvalue weighted by Gasteiger charge is 2.26. The number of hydrogen-bond donors (Lipinski definition) is 1. The molecule has 154 valence electrons. The SMILES string of the molecule is CC(C)c1ccccc1-n1c(SCC(=O)N2CCNC2=O)nc2ccccc2c1=O. The van der Waals surface area contributed by atoms with Gasteiger partial charge in [-0.1, -0.05) is 55.9 Å². The third-order valence-electron chi connectivity index (χ3n) is 5.03. The number of thioether (sulfide) groups is 1. The van der Waals surface area contributed by atoms with Gasteiger partial charge in [0.15, 0.2) is 5.16 Å². The maximum atomic E-state index is 13.4. The number of aromatic nitrogens is 2. The lowest BCUT2D eigenvalue weighted by molar-refractivity contribution is -0.124. The zero-order chi connectivity index (χ0) is 21.3. The van der Waals surface area contributed by atoms with E-state index in [0.29, 0.717) is 29.1 Å². The number of amides is 3. The predicted octanol–water partition coefficient (Wildman–Crippen LogP) is 3.15. The number of hydrogen-bond acceptors (Lipinski definition) is 5. The summed E-state index contributed by atoms with van der Waals surface area (Å²) in [6.45, 7) is 4.95. The van der Waals surface area contributed by atoms with Crippen molar-refractivity contribution < 1.29 is 9.59 Å². The molecule has 4 rings (SSSR count). The Balaban J connectivity index is 1.80. The van der Waals surface area contributed by atoms with Crippen molar-refractivity contribution in [3.05, 3.63) is 64.4 Å². The van der Waals surface area contributed by atoms with E-state index in [-0.39, 0.29) is 29.2 Å². The summed E-state index contributed by atoms with van der Waals surface area (Å²) in [7, 11) is 0. The van der Waals surface area contributed by atoms with Crippen LogP contribution >= 0.6 is 11.8 Å². The fraction of sp³-hybridized carbons (Fsp3) is 0.273. The number of rotatable bonds is 5. The Kier molecular flexibility index (Phi) is 5.59. The summed E-state index contributed by atoms with van der Waals surface area (Å²) in [5.41, 5.74) is 2.17. The Morgan fingerprint density at radius 1 is 1.13 bits per heavy atom. The zero-order valence-electron chi connectivity index (χ0n) is 16.8. The molecule has 0 spiro atoms. The van der Waals surface area contributed by atoms with E-state index in [0.717, 1.165) is 11.3 Å². The molecule has 8 heteroatoms. The summed E-state index contributed by atoms with van der Waals surface area (Å²) < 4.78 is 1.58. The molecule has 30 heavy (non-hydrogen) atoms. The quantitative estimate of drug-likeness (QED) is 0.504. The first-order chi connectivity index (χ1) is 14.5. The van der Waals surface area contributed by atoms with E-state index < -0.39 is 0 Å². The van der Waals surface area contributed by atoms with Crippen LogP contribution in [0, 0.1) is 0 Å². The van der Waals surface area contributed by atoms with Crippen molar-refractivity contribution in [2.75, 3.05) is 18.8 Å². The Morgan fingerprint density at radius 3 is 2.60 bits per heavy atom. The molecule has 0 saturated carbocycles. The molecule has 0 atom stereocenters. The normalized spacial score (nSPS) is 13.8. The standard InChI is InChI=1S/C22H22N4O3S/c1-14(2)15-7-4-6-10-18(15)26-20(28)16-8-3-5-9-17(16)24-22(26)30-13-19(27)25-12-11-23-21(25)29/h3-10,14H,11-13H2,1-2H3,(H,23,29). The summed E-state index contributed by atoms with van der Waals surface area (Å²) in [5.74, 6) is -0.0874.